The molecule has 0 aliphatic heterocycles. The van der Waals surface area contributed by atoms with Gasteiger partial charge in [0.1, 0.15) is 0 Å². The normalized spacial score (nSPS) is 12.2. The number of hydrogen-bond acceptors (Lipinski definition) is 4. The first-order valence-corrected chi connectivity index (χ1v) is 9.48. The highest BCUT2D eigenvalue weighted by atomic mass is 32.1. The van der Waals surface area contributed by atoms with Gasteiger partial charge in [-0.1, -0.05) is 30.3 Å². The Morgan fingerprint density at radius 3 is 2.77 bits per heavy atom. The van der Waals surface area contributed by atoms with Crippen LogP contribution in [0.3, 0.4) is 0 Å². The number of carboxylic acid groups (broad SMARTS) is 1. The first-order valence-electron chi connectivity index (χ1n) is 8.67. The van der Waals surface area contributed by atoms with Gasteiger partial charge >= 0.3 is 5.97 Å². The maximum absolute atomic E-state index is 11.0. The van der Waals surface area contributed by atoms with Crippen LogP contribution in [0.2, 0.25) is 0 Å². The van der Waals surface area contributed by atoms with Crippen molar-refractivity contribution in [3.63, 3.8) is 0 Å². The molecule has 0 fully saturated rings. The number of benzene rings is 1. The molecular weight excluding hydrogens is 346 g/mol. The van der Waals surface area contributed by atoms with Crippen LogP contribution in [0.25, 0.3) is 10.4 Å². The summed E-state index contributed by atoms with van der Waals surface area (Å²) in [6.07, 6.45) is 5.50. The number of carbonyl (C=O) groups is 1. The van der Waals surface area contributed by atoms with Crippen LogP contribution >= 0.6 is 11.3 Å². The molecular formula is C20H23N3O2S. The van der Waals surface area contributed by atoms with Crippen molar-refractivity contribution in [2.24, 2.45) is 7.05 Å². The van der Waals surface area contributed by atoms with Crippen LogP contribution in [0.5, 0.6) is 0 Å². The van der Waals surface area contributed by atoms with Crippen LogP contribution in [-0.4, -0.2) is 26.9 Å². The lowest BCUT2D eigenvalue weighted by Crippen LogP contribution is -2.31. The molecule has 0 saturated carbocycles. The molecule has 1 atom stereocenters. The third-order valence-electron chi connectivity index (χ3n) is 4.25. The third-order valence-corrected chi connectivity index (χ3v) is 5.38. The SMILES string of the molecule is Cn1cc(-c2ccc(CNC(CCC(=O)O)Cc3ccccc3)s2)cn1. The predicted octanol–water partition coefficient (Wildman–Crippen LogP) is 3.71. The standard InChI is InChI=1S/C20H23N3O2S/c1-23-14-16(12-22-23)19-9-8-18(26-19)13-21-17(7-10-20(24)25)11-15-5-3-2-4-6-15/h2-6,8-9,12,14,17,21H,7,10-11,13H2,1H3,(H,24,25). The largest absolute Gasteiger partial charge is 0.481 e. The topological polar surface area (TPSA) is 67.2 Å². The van der Waals surface area contributed by atoms with Gasteiger partial charge in [-0.2, -0.15) is 5.10 Å². The Morgan fingerprint density at radius 1 is 1.27 bits per heavy atom. The van der Waals surface area contributed by atoms with E-state index in [4.69, 9.17) is 5.11 Å². The van der Waals surface area contributed by atoms with Crippen molar-refractivity contribution < 1.29 is 9.90 Å². The predicted molar refractivity (Wildman–Crippen MR) is 104 cm³/mol. The minimum atomic E-state index is -0.750. The lowest BCUT2D eigenvalue weighted by molar-refractivity contribution is -0.137. The number of nitrogens with zero attached hydrogens (tertiary/aromatic N) is 2. The fourth-order valence-electron chi connectivity index (χ4n) is 2.89. The zero-order valence-corrected chi connectivity index (χ0v) is 15.6. The van der Waals surface area contributed by atoms with Gasteiger partial charge in [-0.25, -0.2) is 0 Å². The van der Waals surface area contributed by atoms with Crippen molar-refractivity contribution in [1.82, 2.24) is 15.1 Å². The van der Waals surface area contributed by atoms with E-state index < -0.39 is 5.97 Å². The fourth-order valence-corrected chi connectivity index (χ4v) is 3.83. The van der Waals surface area contributed by atoms with Crippen LogP contribution in [0, 0.1) is 0 Å². The number of aliphatic carboxylic acids is 1. The summed E-state index contributed by atoms with van der Waals surface area (Å²) in [5, 5.41) is 16.8. The van der Waals surface area contributed by atoms with E-state index in [1.165, 1.54) is 15.3 Å². The zero-order valence-electron chi connectivity index (χ0n) is 14.8. The van der Waals surface area contributed by atoms with E-state index in [1.807, 2.05) is 37.6 Å². The molecule has 5 nitrogen and oxygen atoms in total. The van der Waals surface area contributed by atoms with Crippen molar-refractivity contribution in [2.45, 2.75) is 31.8 Å². The number of aromatic nitrogens is 2. The lowest BCUT2D eigenvalue weighted by atomic mass is 10.0. The van der Waals surface area contributed by atoms with Crippen LogP contribution < -0.4 is 5.32 Å². The summed E-state index contributed by atoms with van der Waals surface area (Å²) in [5.74, 6) is -0.750. The van der Waals surface area contributed by atoms with Gasteiger partial charge in [-0.15, -0.1) is 11.3 Å². The number of carboxylic acids is 1. The Labute approximate surface area is 157 Å². The summed E-state index contributed by atoms with van der Waals surface area (Å²) in [4.78, 5) is 13.4. The van der Waals surface area contributed by atoms with Crippen LogP contribution in [-0.2, 0) is 24.8 Å². The first kappa shape index (κ1) is 18.4. The molecule has 0 aliphatic rings. The van der Waals surface area contributed by atoms with E-state index in [9.17, 15) is 4.79 Å². The highest BCUT2D eigenvalue weighted by molar-refractivity contribution is 7.15. The molecule has 3 rings (SSSR count). The fraction of sp³-hybridized carbons (Fsp3) is 0.300. The third kappa shape index (κ3) is 5.28. The summed E-state index contributed by atoms with van der Waals surface area (Å²) in [6, 6.07) is 14.6. The summed E-state index contributed by atoms with van der Waals surface area (Å²) in [5.41, 5.74) is 2.34. The molecule has 0 radical (unpaired) electrons. The molecule has 2 N–H and O–H groups in total. The Kier molecular flexibility index (Phi) is 6.20. The molecule has 1 unspecified atom stereocenters. The average Bonchev–Trinajstić information content (AvgIpc) is 3.27. The van der Waals surface area contributed by atoms with Crippen molar-refractivity contribution in [3.8, 4) is 10.4 Å². The molecule has 6 heteroatoms. The van der Waals surface area contributed by atoms with E-state index >= 15 is 0 Å². The van der Waals surface area contributed by atoms with Crippen molar-refractivity contribution in [1.29, 1.82) is 0 Å². The van der Waals surface area contributed by atoms with Gasteiger partial charge in [0.25, 0.3) is 0 Å². The van der Waals surface area contributed by atoms with E-state index in [0.29, 0.717) is 6.42 Å². The maximum Gasteiger partial charge on any atom is 0.303 e. The zero-order chi connectivity index (χ0) is 18.4. The monoisotopic (exact) mass is 369 g/mol. The van der Waals surface area contributed by atoms with E-state index in [0.717, 1.165) is 18.5 Å². The molecule has 0 aliphatic carbocycles. The van der Waals surface area contributed by atoms with Crippen LogP contribution in [0.15, 0.2) is 54.9 Å². The van der Waals surface area contributed by atoms with Crippen molar-refractivity contribution >= 4 is 17.3 Å². The highest BCUT2D eigenvalue weighted by Crippen LogP contribution is 2.27. The number of hydrogen-bond donors (Lipinski definition) is 2. The number of nitrogens with one attached hydrogen (secondary N) is 1. The van der Waals surface area contributed by atoms with Gasteiger partial charge in [0, 0.05) is 47.6 Å². The van der Waals surface area contributed by atoms with Gasteiger partial charge in [0.15, 0.2) is 0 Å². The molecule has 136 valence electrons. The van der Waals surface area contributed by atoms with Gasteiger partial charge in [0.2, 0.25) is 0 Å². The number of rotatable bonds is 9. The summed E-state index contributed by atoms with van der Waals surface area (Å²) < 4.78 is 1.80. The second-order valence-electron chi connectivity index (χ2n) is 6.37. The molecule has 3 aromatic rings. The van der Waals surface area contributed by atoms with E-state index in [-0.39, 0.29) is 12.5 Å². The molecule has 26 heavy (non-hydrogen) atoms. The molecule has 0 saturated heterocycles. The second kappa shape index (κ2) is 8.78. The quantitative estimate of drug-likeness (QED) is 0.603. The average molecular weight is 369 g/mol. The maximum atomic E-state index is 11.0. The number of aryl methyl sites for hydroxylation is 1. The molecule has 2 aromatic heterocycles. The molecule has 0 spiro atoms. The van der Waals surface area contributed by atoms with Gasteiger partial charge < -0.3 is 10.4 Å². The van der Waals surface area contributed by atoms with Crippen LogP contribution in [0.4, 0.5) is 0 Å². The minimum Gasteiger partial charge on any atom is -0.481 e. The number of thiophene rings is 1. The van der Waals surface area contributed by atoms with Gasteiger partial charge in [-0.05, 0) is 30.5 Å². The smallest absolute Gasteiger partial charge is 0.303 e. The van der Waals surface area contributed by atoms with Gasteiger partial charge in [0.05, 0.1) is 6.20 Å². The van der Waals surface area contributed by atoms with Crippen molar-refractivity contribution in [2.75, 3.05) is 0 Å². The molecule has 0 amide bonds. The lowest BCUT2D eigenvalue weighted by Gasteiger charge is -2.18. The minimum absolute atomic E-state index is 0.137. The Hall–Kier alpha value is -2.44. The van der Waals surface area contributed by atoms with Gasteiger partial charge in [-0.3, -0.25) is 9.48 Å². The molecule has 1 aromatic carbocycles. The Balaban J connectivity index is 1.61. The van der Waals surface area contributed by atoms with E-state index in [2.05, 4.69) is 34.7 Å². The van der Waals surface area contributed by atoms with Crippen molar-refractivity contribution in [3.05, 3.63) is 65.3 Å². The van der Waals surface area contributed by atoms with E-state index in [1.54, 1.807) is 16.0 Å². The highest BCUT2D eigenvalue weighted by Gasteiger charge is 2.13. The Bertz CT molecular complexity index is 842. The summed E-state index contributed by atoms with van der Waals surface area (Å²) in [6.45, 7) is 0.738. The van der Waals surface area contributed by atoms with Crippen LogP contribution in [0.1, 0.15) is 23.3 Å². The molecule has 2 heterocycles. The second-order valence-corrected chi connectivity index (χ2v) is 7.54. The first-order chi connectivity index (χ1) is 12.6. The molecule has 0 bridgehead atoms. The summed E-state index contributed by atoms with van der Waals surface area (Å²) in [7, 11) is 1.91. The Morgan fingerprint density at radius 2 is 2.08 bits per heavy atom. The summed E-state index contributed by atoms with van der Waals surface area (Å²) >= 11 is 1.74.